The van der Waals surface area contributed by atoms with E-state index in [1.165, 1.54) is 0 Å². The van der Waals surface area contributed by atoms with Crippen molar-refractivity contribution in [2.75, 3.05) is 0 Å². The number of nitrogens with zero attached hydrogens (tertiary/aromatic N) is 3. The molecule has 0 radical (unpaired) electrons. The minimum Gasteiger partial charge on any atom is -0.219 e. The number of benzene rings is 1. The molecule has 2 rings (SSSR count). The molecule has 0 saturated heterocycles. The van der Waals surface area contributed by atoms with Crippen LogP contribution in [0.15, 0.2) is 31.0 Å². The number of halogens is 2. The Bertz CT molecular complexity index is 505. The molecular formula is C10H7Cl2N3. The fourth-order valence-corrected chi connectivity index (χ4v) is 1.52. The number of hydrogen-bond donors (Lipinski definition) is 0. The fraction of sp³-hybridized carbons (Fsp3) is 0. The van der Waals surface area contributed by atoms with Gasteiger partial charge in [0, 0.05) is 5.02 Å². The summed E-state index contributed by atoms with van der Waals surface area (Å²) >= 11 is 11.9. The van der Waals surface area contributed by atoms with Crippen LogP contribution in [-0.4, -0.2) is 15.0 Å². The molecular weight excluding hydrogens is 233 g/mol. The van der Waals surface area contributed by atoms with Crippen LogP contribution in [0.3, 0.4) is 0 Å². The molecule has 0 aliphatic heterocycles. The fourth-order valence-electron chi connectivity index (χ4n) is 1.15. The van der Waals surface area contributed by atoms with Crippen LogP contribution in [0.25, 0.3) is 11.8 Å². The Balaban J connectivity index is 2.52. The quantitative estimate of drug-likeness (QED) is 0.806. The van der Waals surface area contributed by atoms with Crippen LogP contribution in [0.1, 0.15) is 5.69 Å². The van der Waals surface area contributed by atoms with Crippen LogP contribution in [-0.2, 0) is 0 Å². The summed E-state index contributed by atoms with van der Waals surface area (Å²) < 4.78 is 1.56. The number of aromatic nitrogens is 3. The van der Waals surface area contributed by atoms with E-state index in [4.69, 9.17) is 23.2 Å². The van der Waals surface area contributed by atoms with E-state index in [2.05, 4.69) is 16.9 Å². The van der Waals surface area contributed by atoms with Crippen molar-refractivity contribution < 1.29 is 0 Å². The smallest absolute Gasteiger partial charge is 0.105 e. The SMILES string of the molecule is C=Cc1cn(-c2cc(Cl)ccc2Cl)nn1. The third-order valence-corrected chi connectivity index (χ3v) is 2.43. The molecule has 1 heterocycles. The first-order valence-electron chi connectivity index (χ1n) is 4.21. The van der Waals surface area contributed by atoms with Crippen LogP contribution in [0, 0.1) is 0 Å². The van der Waals surface area contributed by atoms with Crippen LogP contribution in [0.2, 0.25) is 10.0 Å². The van der Waals surface area contributed by atoms with Gasteiger partial charge in [-0.05, 0) is 24.3 Å². The summed E-state index contributed by atoms with van der Waals surface area (Å²) in [6, 6.07) is 5.17. The molecule has 2 aromatic rings. The highest BCUT2D eigenvalue weighted by Crippen LogP contribution is 2.23. The van der Waals surface area contributed by atoms with Gasteiger partial charge in [-0.25, -0.2) is 4.68 Å². The molecule has 0 spiro atoms. The Morgan fingerprint density at radius 3 is 2.80 bits per heavy atom. The third-order valence-electron chi connectivity index (χ3n) is 1.88. The molecule has 1 aromatic heterocycles. The zero-order valence-electron chi connectivity index (χ0n) is 7.69. The largest absolute Gasteiger partial charge is 0.219 e. The Morgan fingerprint density at radius 2 is 2.13 bits per heavy atom. The topological polar surface area (TPSA) is 30.7 Å². The van der Waals surface area contributed by atoms with Gasteiger partial charge in [0.2, 0.25) is 0 Å². The van der Waals surface area contributed by atoms with Gasteiger partial charge in [-0.3, -0.25) is 0 Å². The second kappa shape index (κ2) is 4.04. The van der Waals surface area contributed by atoms with Gasteiger partial charge in [-0.15, -0.1) is 5.10 Å². The Kier molecular flexibility index (Phi) is 2.75. The van der Waals surface area contributed by atoms with Gasteiger partial charge in [0.15, 0.2) is 0 Å². The highest BCUT2D eigenvalue weighted by atomic mass is 35.5. The van der Waals surface area contributed by atoms with Crippen LogP contribution in [0.4, 0.5) is 0 Å². The maximum absolute atomic E-state index is 6.01. The lowest BCUT2D eigenvalue weighted by molar-refractivity contribution is 0.803. The lowest BCUT2D eigenvalue weighted by Gasteiger charge is -2.02. The normalized spacial score (nSPS) is 10.3. The van der Waals surface area contributed by atoms with Crippen LogP contribution >= 0.6 is 23.2 Å². The predicted octanol–water partition coefficient (Wildman–Crippen LogP) is 3.22. The zero-order valence-corrected chi connectivity index (χ0v) is 9.20. The first-order valence-corrected chi connectivity index (χ1v) is 4.96. The lowest BCUT2D eigenvalue weighted by Crippen LogP contribution is -1.95. The average Bonchev–Trinajstić information content (AvgIpc) is 2.70. The van der Waals surface area contributed by atoms with Crippen molar-refractivity contribution in [2.24, 2.45) is 0 Å². The molecule has 0 amide bonds. The zero-order chi connectivity index (χ0) is 10.8. The van der Waals surface area contributed by atoms with E-state index in [1.54, 1.807) is 35.2 Å². The van der Waals surface area contributed by atoms with Gasteiger partial charge in [-0.1, -0.05) is 35.0 Å². The van der Waals surface area contributed by atoms with Gasteiger partial charge in [0.25, 0.3) is 0 Å². The molecule has 15 heavy (non-hydrogen) atoms. The lowest BCUT2D eigenvalue weighted by atomic mass is 10.3. The van der Waals surface area contributed by atoms with Crippen molar-refractivity contribution in [2.45, 2.75) is 0 Å². The molecule has 0 bridgehead atoms. The van der Waals surface area contributed by atoms with E-state index < -0.39 is 0 Å². The first kappa shape index (κ1) is 10.2. The molecule has 0 aliphatic carbocycles. The summed E-state index contributed by atoms with van der Waals surface area (Å²) in [6.07, 6.45) is 3.34. The Hall–Kier alpha value is -1.32. The summed E-state index contributed by atoms with van der Waals surface area (Å²) in [4.78, 5) is 0. The van der Waals surface area contributed by atoms with Crippen molar-refractivity contribution in [1.29, 1.82) is 0 Å². The monoisotopic (exact) mass is 239 g/mol. The van der Waals surface area contributed by atoms with E-state index in [0.29, 0.717) is 21.4 Å². The number of rotatable bonds is 2. The molecule has 0 aliphatic rings. The van der Waals surface area contributed by atoms with E-state index in [1.807, 2.05) is 0 Å². The van der Waals surface area contributed by atoms with Crippen molar-refractivity contribution in [3.05, 3.63) is 46.7 Å². The van der Waals surface area contributed by atoms with Gasteiger partial charge in [-0.2, -0.15) is 0 Å². The molecule has 76 valence electrons. The van der Waals surface area contributed by atoms with Crippen molar-refractivity contribution in [3.8, 4) is 5.69 Å². The van der Waals surface area contributed by atoms with E-state index in [-0.39, 0.29) is 0 Å². The molecule has 0 saturated carbocycles. The summed E-state index contributed by atoms with van der Waals surface area (Å²) in [7, 11) is 0. The predicted molar refractivity (Wildman–Crippen MR) is 61.5 cm³/mol. The summed E-state index contributed by atoms with van der Waals surface area (Å²) in [5.41, 5.74) is 1.39. The van der Waals surface area contributed by atoms with E-state index >= 15 is 0 Å². The van der Waals surface area contributed by atoms with Crippen molar-refractivity contribution in [3.63, 3.8) is 0 Å². The second-order valence-electron chi connectivity index (χ2n) is 2.89. The molecule has 1 aromatic carbocycles. The highest BCUT2D eigenvalue weighted by Gasteiger charge is 2.05. The third kappa shape index (κ3) is 2.03. The molecule has 0 unspecified atom stereocenters. The summed E-state index contributed by atoms with van der Waals surface area (Å²) in [5, 5.41) is 8.96. The standard InChI is InChI=1S/C10H7Cl2N3/c1-2-8-6-15(14-13-8)10-5-7(11)3-4-9(10)12/h2-6H,1H2. The van der Waals surface area contributed by atoms with Crippen molar-refractivity contribution in [1.82, 2.24) is 15.0 Å². The minimum absolute atomic E-state index is 0.569. The van der Waals surface area contributed by atoms with Crippen LogP contribution in [0.5, 0.6) is 0 Å². The van der Waals surface area contributed by atoms with Gasteiger partial charge >= 0.3 is 0 Å². The Labute approximate surface area is 96.9 Å². The number of hydrogen-bond acceptors (Lipinski definition) is 2. The molecule has 0 atom stereocenters. The van der Waals surface area contributed by atoms with Gasteiger partial charge in [0.05, 0.1) is 16.9 Å². The second-order valence-corrected chi connectivity index (χ2v) is 3.73. The van der Waals surface area contributed by atoms with Crippen molar-refractivity contribution >= 4 is 29.3 Å². The maximum Gasteiger partial charge on any atom is 0.105 e. The molecule has 0 fully saturated rings. The van der Waals surface area contributed by atoms with Gasteiger partial charge < -0.3 is 0 Å². The summed E-state index contributed by atoms with van der Waals surface area (Å²) in [5.74, 6) is 0. The minimum atomic E-state index is 0.569. The maximum atomic E-state index is 6.01. The molecule has 3 nitrogen and oxygen atoms in total. The first-order chi connectivity index (χ1) is 7.20. The van der Waals surface area contributed by atoms with E-state index in [9.17, 15) is 0 Å². The van der Waals surface area contributed by atoms with Crippen LogP contribution < -0.4 is 0 Å². The molecule has 0 N–H and O–H groups in total. The highest BCUT2D eigenvalue weighted by molar-refractivity contribution is 6.34. The molecule has 5 heteroatoms. The van der Waals surface area contributed by atoms with E-state index in [0.717, 1.165) is 0 Å². The average molecular weight is 240 g/mol. The van der Waals surface area contributed by atoms with Gasteiger partial charge in [0.1, 0.15) is 5.69 Å². The Morgan fingerprint density at radius 1 is 1.33 bits per heavy atom. The summed E-state index contributed by atoms with van der Waals surface area (Å²) in [6.45, 7) is 3.60.